The van der Waals surface area contributed by atoms with Gasteiger partial charge in [-0.15, -0.1) is 0 Å². The van der Waals surface area contributed by atoms with Crippen LogP contribution < -0.4 is 0 Å². The van der Waals surface area contributed by atoms with Crippen LogP contribution in [0, 0.1) is 5.41 Å². The maximum atomic E-state index is 11.9. The molecule has 0 aromatic heterocycles. The van der Waals surface area contributed by atoms with Crippen molar-refractivity contribution < 1.29 is 14.3 Å². The van der Waals surface area contributed by atoms with Gasteiger partial charge in [0, 0.05) is 12.8 Å². The maximum Gasteiger partial charge on any atom is 0.316 e. The summed E-state index contributed by atoms with van der Waals surface area (Å²) < 4.78 is 11.4. The standard InChI is InChI=1S/C12H20O3/c1-3-11(2)9-14-12(15-10(11)13)7-5-4-6-8-12/h3-9H2,1-2H3. The zero-order valence-electron chi connectivity index (χ0n) is 9.67. The van der Waals surface area contributed by atoms with E-state index in [-0.39, 0.29) is 5.97 Å². The molecule has 1 atom stereocenters. The second-order valence-corrected chi connectivity index (χ2v) is 5.06. The van der Waals surface area contributed by atoms with Crippen molar-refractivity contribution in [2.24, 2.45) is 5.41 Å². The molecule has 2 aliphatic rings. The smallest absolute Gasteiger partial charge is 0.316 e. The first-order valence-electron chi connectivity index (χ1n) is 5.98. The van der Waals surface area contributed by atoms with E-state index in [2.05, 4.69) is 0 Å². The average Bonchev–Trinajstić information content (AvgIpc) is 2.26. The van der Waals surface area contributed by atoms with Gasteiger partial charge < -0.3 is 9.47 Å². The van der Waals surface area contributed by atoms with Gasteiger partial charge >= 0.3 is 5.97 Å². The molecule has 2 rings (SSSR count). The van der Waals surface area contributed by atoms with Crippen molar-refractivity contribution in [3.8, 4) is 0 Å². The van der Waals surface area contributed by atoms with Gasteiger partial charge in [-0.25, -0.2) is 0 Å². The predicted octanol–water partition coefficient (Wildman–Crippen LogP) is 2.64. The van der Waals surface area contributed by atoms with E-state index >= 15 is 0 Å². The molecular weight excluding hydrogens is 192 g/mol. The van der Waals surface area contributed by atoms with Crippen molar-refractivity contribution in [2.45, 2.75) is 58.2 Å². The fourth-order valence-corrected chi connectivity index (χ4v) is 2.25. The molecule has 3 heteroatoms. The van der Waals surface area contributed by atoms with Crippen LogP contribution in [0.3, 0.4) is 0 Å². The number of hydrogen-bond donors (Lipinski definition) is 0. The number of hydrogen-bond acceptors (Lipinski definition) is 3. The highest BCUT2D eigenvalue weighted by Gasteiger charge is 2.48. The van der Waals surface area contributed by atoms with E-state index in [0.29, 0.717) is 6.61 Å². The number of ether oxygens (including phenoxy) is 2. The van der Waals surface area contributed by atoms with Gasteiger partial charge in [0.1, 0.15) is 0 Å². The van der Waals surface area contributed by atoms with Crippen LogP contribution in [0.25, 0.3) is 0 Å². The first kappa shape index (κ1) is 10.9. The lowest BCUT2D eigenvalue weighted by atomic mass is 9.85. The van der Waals surface area contributed by atoms with E-state index in [4.69, 9.17) is 9.47 Å². The van der Waals surface area contributed by atoms with Crippen LogP contribution in [0.15, 0.2) is 0 Å². The van der Waals surface area contributed by atoms with E-state index in [1.165, 1.54) is 6.42 Å². The van der Waals surface area contributed by atoms with Crippen LogP contribution >= 0.6 is 0 Å². The Labute approximate surface area is 91.1 Å². The minimum absolute atomic E-state index is 0.0712. The molecule has 1 saturated heterocycles. The Balaban J connectivity index is 2.07. The van der Waals surface area contributed by atoms with Crippen molar-refractivity contribution in [3.63, 3.8) is 0 Å². The molecule has 0 bridgehead atoms. The van der Waals surface area contributed by atoms with Gasteiger partial charge in [-0.1, -0.05) is 13.3 Å². The van der Waals surface area contributed by atoms with E-state index < -0.39 is 11.2 Å². The number of esters is 1. The first-order valence-corrected chi connectivity index (χ1v) is 5.98. The maximum absolute atomic E-state index is 11.9. The van der Waals surface area contributed by atoms with Crippen LogP contribution in [0.4, 0.5) is 0 Å². The van der Waals surface area contributed by atoms with Gasteiger partial charge in [0.25, 0.3) is 0 Å². The lowest BCUT2D eigenvalue weighted by Gasteiger charge is -2.44. The van der Waals surface area contributed by atoms with E-state index in [9.17, 15) is 4.79 Å². The predicted molar refractivity (Wildman–Crippen MR) is 56.3 cm³/mol. The van der Waals surface area contributed by atoms with Crippen LogP contribution in [-0.4, -0.2) is 18.4 Å². The summed E-state index contributed by atoms with van der Waals surface area (Å²) in [7, 11) is 0. The highest BCUT2D eigenvalue weighted by atomic mass is 16.7. The Bertz CT molecular complexity index is 256. The van der Waals surface area contributed by atoms with Crippen LogP contribution in [0.5, 0.6) is 0 Å². The Kier molecular flexibility index (Phi) is 2.75. The minimum atomic E-state index is -0.565. The molecule has 86 valence electrons. The molecule has 1 heterocycles. The number of rotatable bonds is 1. The van der Waals surface area contributed by atoms with Crippen molar-refractivity contribution in [1.29, 1.82) is 0 Å². The van der Waals surface area contributed by atoms with E-state index in [0.717, 1.165) is 32.1 Å². The van der Waals surface area contributed by atoms with Crippen LogP contribution in [0.1, 0.15) is 52.4 Å². The van der Waals surface area contributed by atoms with Gasteiger partial charge in [0.2, 0.25) is 5.79 Å². The zero-order valence-corrected chi connectivity index (χ0v) is 9.67. The summed E-state index contributed by atoms with van der Waals surface area (Å²) in [6.07, 6.45) is 5.97. The SMILES string of the molecule is CCC1(C)COC2(CCCCC2)OC1=O. The topological polar surface area (TPSA) is 35.5 Å². The fraction of sp³-hybridized carbons (Fsp3) is 0.917. The van der Waals surface area contributed by atoms with E-state index in [1.54, 1.807) is 0 Å². The summed E-state index contributed by atoms with van der Waals surface area (Å²) in [5.74, 6) is -0.637. The third kappa shape index (κ3) is 1.89. The quantitative estimate of drug-likeness (QED) is 0.627. The van der Waals surface area contributed by atoms with Crippen molar-refractivity contribution >= 4 is 5.97 Å². The summed E-state index contributed by atoms with van der Waals surface area (Å²) >= 11 is 0. The molecule has 0 aromatic rings. The Morgan fingerprint density at radius 2 is 1.93 bits per heavy atom. The monoisotopic (exact) mass is 212 g/mol. The molecule has 0 N–H and O–H groups in total. The van der Waals surface area contributed by atoms with Gasteiger partial charge in [0.05, 0.1) is 12.0 Å². The normalized spacial score (nSPS) is 35.2. The molecule has 0 radical (unpaired) electrons. The molecule has 0 amide bonds. The average molecular weight is 212 g/mol. The van der Waals surface area contributed by atoms with Crippen molar-refractivity contribution in [1.82, 2.24) is 0 Å². The molecular formula is C12H20O3. The lowest BCUT2D eigenvalue weighted by molar-refractivity contribution is -0.287. The van der Waals surface area contributed by atoms with Gasteiger partial charge in [-0.05, 0) is 26.2 Å². The fourth-order valence-electron chi connectivity index (χ4n) is 2.25. The van der Waals surface area contributed by atoms with Crippen molar-refractivity contribution in [2.75, 3.05) is 6.61 Å². The van der Waals surface area contributed by atoms with Gasteiger partial charge in [-0.3, -0.25) is 4.79 Å². The van der Waals surface area contributed by atoms with Crippen LogP contribution in [-0.2, 0) is 14.3 Å². The summed E-state index contributed by atoms with van der Waals surface area (Å²) in [4.78, 5) is 11.9. The minimum Gasteiger partial charge on any atom is -0.433 e. The molecule has 15 heavy (non-hydrogen) atoms. The lowest BCUT2D eigenvalue weighted by Crippen LogP contribution is -2.52. The molecule has 0 aromatic carbocycles. The van der Waals surface area contributed by atoms with Gasteiger partial charge in [0.15, 0.2) is 0 Å². The first-order chi connectivity index (χ1) is 7.10. The molecule has 2 fully saturated rings. The summed E-state index contributed by atoms with van der Waals surface area (Å²) in [6, 6.07) is 0. The number of carbonyl (C=O) groups excluding carboxylic acids is 1. The molecule has 1 unspecified atom stereocenters. The van der Waals surface area contributed by atoms with E-state index in [1.807, 2.05) is 13.8 Å². The number of carbonyl (C=O) groups is 1. The second-order valence-electron chi connectivity index (χ2n) is 5.06. The largest absolute Gasteiger partial charge is 0.433 e. The molecule has 1 spiro atoms. The molecule has 1 aliphatic carbocycles. The summed E-state index contributed by atoms with van der Waals surface area (Å²) in [6.45, 7) is 4.44. The molecule has 3 nitrogen and oxygen atoms in total. The third-order valence-corrected chi connectivity index (χ3v) is 3.82. The summed E-state index contributed by atoms with van der Waals surface area (Å²) in [5.41, 5.74) is -0.428. The second kappa shape index (κ2) is 3.78. The highest BCUT2D eigenvalue weighted by Crippen LogP contribution is 2.41. The Morgan fingerprint density at radius 1 is 1.27 bits per heavy atom. The van der Waals surface area contributed by atoms with Gasteiger partial charge in [-0.2, -0.15) is 0 Å². The highest BCUT2D eigenvalue weighted by molar-refractivity contribution is 5.77. The van der Waals surface area contributed by atoms with Crippen LogP contribution in [0.2, 0.25) is 0 Å². The molecule has 1 aliphatic heterocycles. The third-order valence-electron chi connectivity index (χ3n) is 3.82. The zero-order chi connectivity index (χ0) is 10.9. The molecule has 1 saturated carbocycles. The summed E-state index contributed by atoms with van der Waals surface area (Å²) in [5, 5.41) is 0. The Morgan fingerprint density at radius 3 is 2.47 bits per heavy atom. The Hall–Kier alpha value is -0.570. The van der Waals surface area contributed by atoms with Crippen molar-refractivity contribution in [3.05, 3.63) is 0 Å².